The largest absolute Gasteiger partial charge is 0.339 e. The number of thioether (sulfide) groups is 1. The normalized spacial score (nSPS) is 21.2. The second kappa shape index (κ2) is 11.1. The SMILES string of the molecule is CC(=O)N(O)c1ccc(CCCN2CCN(C(=O)C3CSC(c4cccnc4)N3)CC2)cc1. The Bertz CT molecular complexity index is 935. The quantitative estimate of drug-likeness (QED) is 0.475. The van der Waals surface area contributed by atoms with E-state index in [1.165, 1.54) is 12.5 Å². The van der Waals surface area contributed by atoms with Gasteiger partial charge in [0.25, 0.3) is 0 Å². The summed E-state index contributed by atoms with van der Waals surface area (Å²) in [5.74, 6) is 0.589. The van der Waals surface area contributed by atoms with Gasteiger partial charge in [-0.15, -0.1) is 11.8 Å². The Balaban J connectivity index is 1.17. The first-order chi connectivity index (χ1) is 16.0. The van der Waals surface area contributed by atoms with E-state index in [9.17, 15) is 14.8 Å². The molecule has 2 aliphatic rings. The van der Waals surface area contributed by atoms with Crippen LogP contribution in [0.15, 0.2) is 48.8 Å². The number of amides is 2. The Kier molecular flexibility index (Phi) is 7.97. The van der Waals surface area contributed by atoms with E-state index >= 15 is 0 Å². The van der Waals surface area contributed by atoms with E-state index in [1.807, 2.05) is 35.4 Å². The highest BCUT2D eigenvalue weighted by Crippen LogP contribution is 2.32. The molecule has 2 fully saturated rings. The molecule has 2 atom stereocenters. The first-order valence-corrected chi connectivity index (χ1v) is 12.4. The van der Waals surface area contributed by atoms with Crippen molar-refractivity contribution in [1.82, 2.24) is 20.1 Å². The maximum atomic E-state index is 13.0. The number of aromatic nitrogens is 1. The van der Waals surface area contributed by atoms with Crippen LogP contribution in [0.5, 0.6) is 0 Å². The molecule has 0 bridgehead atoms. The standard InChI is InChI=1S/C24H31N5O3S/c1-18(30)29(32)21-8-6-19(7-9-21)4-3-11-27-12-14-28(15-13-27)24(31)22-17-33-23(26-22)20-5-2-10-25-16-20/h2,5-10,16,22-23,26,32H,3-4,11-15,17H2,1H3. The van der Waals surface area contributed by atoms with Crippen LogP contribution >= 0.6 is 11.8 Å². The number of hydroxylamine groups is 1. The fourth-order valence-corrected chi connectivity index (χ4v) is 5.46. The molecule has 0 saturated carbocycles. The van der Waals surface area contributed by atoms with Crippen molar-refractivity contribution in [3.63, 3.8) is 0 Å². The number of pyridine rings is 1. The Morgan fingerprint density at radius 3 is 2.61 bits per heavy atom. The van der Waals surface area contributed by atoms with Gasteiger partial charge in [-0.25, -0.2) is 0 Å². The van der Waals surface area contributed by atoms with Gasteiger partial charge in [-0.3, -0.25) is 30.0 Å². The van der Waals surface area contributed by atoms with Crippen molar-refractivity contribution in [3.8, 4) is 0 Å². The van der Waals surface area contributed by atoms with Crippen LogP contribution in [0.3, 0.4) is 0 Å². The Labute approximate surface area is 198 Å². The van der Waals surface area contributed by atoms with Crippen molar-refractivity contribution < 1.29 is 14.8 Å². The highest BCUT2D eigenvalue weighted by Gasteiger charge is 2.34. The molecule has 1 aromatic carbocycles. The van der Waals surface area contributed by atoms with Crippen LogP contribution < -0.4 is 10.4 Å². The lowest BCUT2D eigenvalue weighted by Crippen LogP contribution is -2.53. The van der Waals surface area contributed by atoms with E-state index in [4.69, 9.17) is 0 Å². The minimum absolute atomic E-state index is 0.130. The minimum atomic E-state index is -0.406. The van der Waals surface area contributed by atoms with Gasteiger partial charge in [0, 0.05) is 51.2 Å². The van der Waals surface area contributed by atoms with Crippen molar-refractivity contribution in [1.29, 1.82) is 0 Å². The average Bonchev–Trinajstić information content (AvgIpc) is 3.35. The number of hydrogen-bond acceptors (Lipinski definition) is 7. The predicted molar refractivity (Wildman–Crippen MR) is 129 cm³/mol. The third-order valence-electron chi connectivity index (χ3n) is 6.17. The third kappa shape index (κ3) is 6.11. The van der Waals surface area contributed by atoms with Crippen LogP contribution in [0, 0.1) is 0 Å². The molecule has 0 aliphatic carbocycles. The molecule has 8 nitrogen and oxygen atoms in total. The first kappa shape index (κ1) is 23.7. The van der Waals surface area contributed by atoms with Gasteiger partial charge < -0.3 is 4.90 Å². The fourth-order valence-electron chi connectivity index (χ4n) is 4.24. The van der Waals surface area contributed by atoms with E-state index < -0.39 is 5.91 Å². The van der Waals surface area contributed by atoms with Crippen LogP contribution in [0.1, 0.15) is 29.8 Å². The zero-order valence-electron chi connectivity index (χ0n) is 18.9. The number of anilines is 1. The molecule has 0 spiro atoms. The molecular formula is C24H31N5O3S. The smallest absolute Gasteiger partial charge is 0.247 e. The lowest BCUT2D eigenvalue weighted by atomic mass is 10.1. The van der Waals surface area contributed by atoms with E-state index in [0.29, 0.717) is 10.8 Å². The van der Waals surface area contributed by atoms with Crippen LogP contribution in [0.4, 0.5) is 5.69 Å². The van der Waals surface area contributed by atoms with Gasteiger partial charge in [-0.2, -0.15) is 5.06 Å². The molecule has 2 saturated heterocycles. The van der Waals surface area contributed by atoms with Gasteiger partial charge in [-0.05, 0) is 48.7 Å². The number of hydrogen-bond donors (Lipinski definition) is 2. The van der Waals surface area contributed by atoms with E-state index in [2.05, 4.69) is 15.2 Å². The Hall–Kier alpha value is -2.46. The van der Waals surface area contributed by atoms with Crippen molar-refractivity contribution in [2.75, 3.05) is 43.5 Å². The van der Waals surface area contributed by atoms with E-state index in [-0.39, 0.29) is 17.3 Å². The molecular weight excluding hydrogens is 438 g/mol. The summed E-state index contributed by atoms with van der Waals surface area (Å²) < 4.78 is 0. The Morgan fingerprint density at radius 1 is 1.18 bits per heavy atom. The first-order valence-electron chi connectivity index (χ1n) is 11.4. The number of aryl methyl sites for hydroxylation is 1. The number of carbonyl (C=O) groups is 2. The van der Waals surface area contributed by atoms with Gasteiger partial charge in [0.15, 0.2) is 0 Å². The second-order valence-corrected chi connectivity index (χ2v) is 9.62. The van der Waals surface area contributed by atoms with Crippen LogP contribution in [-0.4, -0.2) is 76.3 Å². The summed E-state index contributed by atoms with van der Waals surface area (Å²) in [5.41, 5.74) is 2.77. The summed E-state index contributed by atoms with van der Waals surface area (Å²) in [7, 11) is 0. The lowest BCUT2D eigenvalue weighted by molar-refractivity contribution is -0.134. The molecule has 2 unspecified atom stereocenters. The van der Waals surface area contributed by atoms with Crippen molar-refractivity contribution in [2.45, 2.75) is 31.2 Å². The highest BCUT2D eigenvalue weighted by atomic mass is 32.2. The molecule has 0 radical (unpaired) electrons. The molecule has 2 amide bonds. The van der Waals surface area contributed by atoms with Crippen LogP contribution in [-0.2, 0) is 16.0 Å². The summed E-state index contributed by atoms with van der Waals surface area (Å²) in [6, 6.07) is 11.3. The highest BCUT2D eigenvalue weighted by molar-refractivity contribution is 7.99. The van der Waals surface area contributed by atoms with Crippen molar-refractivity contribution in [2.24, 2.45) is 0 Å². The molecule has 176 valence electrons. The van der Waals surface area contributed by atoms with Gasteiger partial charge in [0.05, 0.1) is 17.1 Å². The number of carbonyl (C=O) groups excluding carboxylic acids is 2. The lowest BCUT2D eigenvalue weighted by Gasteiger charge is -2.36. The molecule has 9 heteroatoms. The number of benzene rings is 1. The monoisotopic (exact) mass is 469 g/mol. The molecule has 2 aromatic rings. The molecule has 3 heterocycles. The molecule has 2 aliphatic heterocycles. The van der Waals surface area contributed by atoms with Crippen molar-refractivity contribution in [3.05, 3.63) is 59.9 Å². The molecule has 4 rings (SSSR count). The van der Waals surface area contributed by atoms with Gasteiger partial charge in [0.2, 0.25) is 11.8 Å². The van der Waals surface area contributed by atoms with Crippen molar-refractivity contribution >= 4 is 29.3 Å². The summed E-state index contributed by atoms with van der Waals surface area (Å²) >= 11 is 1.77. The molecule has 33 heavy (non-hydrogen) atoms. The third-order valence-corrected chi connectivity index (χ3v) is 7.44. The fraction of sp³-hybridized carbons (Fsp3) is 0.458. The zero-order valence-corrected chi connectivity index (χ0v) is 19.7. The predicted octanol–water partition coefficient (Wildman–Crippen LogP) is 2.30. The summed E-state index contributed by atoms with van der Waals surface area (Å²) in [4.78, 5) is 32.8. The number of nitrogens with zero attached hydrogens (tertiary/aromatic N) is 4. The second-order valence-electron chi connectivity index (χ2n) is 8.49. The average molecular weight is 470 g/mol. The van der Waals surface area contributed by atoms with E-state index in [1.54, 1.807) is 30.1 Å². The minimum Gasteiger partial charge on any atom is -0.339 e. The van der Waals surface area contributed by atoms with Gasteiger partial charge in [-0.1, -0.05) is 18.2 Å². The number of nitrogens with one attached hydrogen (secondary N) is 1. The summed E-state index contributed by atoms with van der Waals surface area (Å²) in [6.45, 7) is 5.65. The van der Waals surface area contributed by atoms with Gasteiger partial charge >= 0.3 is 0 Å². The molecule has 2 N–H and O–H groups in total. The number of piperazine rings is 1. The van der Waals surface area contributed by atoms with Crippen LogP contribution in [0.25, 0.3) is 0 Å². The maximum absolute atomic E-state index is 13.0. The summed E-state index contributed by atoms with van der Waals surface area (Å²) in [6.07, 6.45) is 5.58. The Morgan fingerprint density at radius 2 is 1.94 bits per heavy atom. The van der Waals surface area contributed by atoms with Gasteiger partial charge in [0.1, 0.15) is 0 Å². The number of rotatable bonds is 7. The topological polar surface area (TPSA) is 89.0 Å². The maximum Gasteiger partial charge on any atom is 0.247 e. The summed E-state index contributed by atoms with van der Waals surface area (Å²) in [5, 5.41) is 13.9. The zero-order chi connectivity index (χ0) is 23.2. The van der Waals surface area contributed by atoms with Crippen LogP contribution in [0.2, 0.25) is 0 Å². The van der Waals surface area contributed by atoms with E-state index in [0.717, 1.165) is 56.9 Å². The molecule has 1 aromatic heterocycles.